The molecular weight excluding hydrogens is 278 g/mol. The predicted molar refractivity (Wildman–Crippen MR) is 78.3 cm³/mol. The van der Waals surface area contributed by atoms with Crippen molar-refractivity contribution in [1.29, 1.82) is 0 Å². The fraction of sp³-hybridized carbons (Fsp3) is 0.357. The Morgan fingerprint density at radius 3 is 2.40 bits per heavy atom. The summed E-state index contributed by atoms with van der Waals surface area (Å²) in [5, 5.41) is 1.10. The summed E-state index contributed by atoms with van der Waals surface area (Å²) in [5.74, 6) is -0.588. The molecule has 0 fully saturated rings. The molecule has 6 heteroatoms. The minimum Gasteiger partial charge on any atom is -0.468 e. The fourth-order valence-electron chi connectivity index (χ4n) is 1.57. The van der Waals surface area contributed by atoms with Crippen LogP contribution in [0.15, 0.2) is 35.7 Å². The van der Waals surface area contributed by atoms with Gasteiger partial charge in [-0.1, -0.05) is 30.3 Å². The van der Waals surface area contributed by atoms with E-state index in [1.54, 1.807) is 26.0 Å². The Bertz CT molecular complexity index is 564. The number of carbonyl (C=O) groups is 1. The third-order valence-corrected chi connectivity index (χ3v) is 4.33. The molecule has 0 bridgehead atoms. The van der Waals surface area contributed by atoms with Crippen LogP contribution in [0.4, 0.5) is 0 Å². The highest BCUT2D eigenvalue weighted by Gasteiger charge is 2.25. The van der Waals surface area contributed by atoms with Gasteiger partial charge in [-0.25, -0.2) is 8.42 Å². The first-order valence-corrected chi connectivity index (χ1v) is 7.69. The molecule has 1 rings (SSSR count). The third-order valence-electron chi connectivity index (χ3n) is 2.65. The lowest BCUT2D eigenvalue weighted by Crippen LogP contribution is -2.39. The summed E-state index contributed by atoms with van der Waals surface area (Å²) in [6.07, 6.45) is 1.50. The number of hydrogen-bond donors (Lipinski definition) is 0. The molecule has 0 aromatic heterocycles. The molecule has 0 atom stereocenters. The van der Waals surface area contributed by atoms with Crippen molar-refractivity contribution < 1.29 is 17.9 Å². The van der Waals surface area contributed by atoms with Crippen molar-refractivity contribution in [2.24, 2.45) is 0 Å². The predicted octanol–water partition coefficient (Wildman–Crippen LogP) is 1.87. The summed E-state index contributed by atoms with van der Waals surface area (Å²) in [5.41, 5.74) is 0.776. The van der Waals surface area contributed by atoms with Crippen molar-refractivity contribution in [2.45, 2.75) is 19.9 Å². The molecule has 0 aliphatic carbocycles. The largest absolute Gasteiger partial charge is 0.468 e. The number of sulfonamides is 1. The first-order valence-electron chi connectivity index (χ1n) is 6.18. The zero-order valence-corrected chi connectivity index (χ0v) is 12.6. The zero-order chi connectivity index (χ0) is 15.2. The molecule has 0 unspecified atom stereocenters. The van der Waals surface area contributed by atoms with E-state index in [0.29, 0.717) is 0 Å². The lowest BCUT2D eigenvalue weighted by atomic mass is 10.2. The molecule has 1 aromatic carbocycles. The molecule has 110 valence electrons. The van der Waals surface area contributed by atoms with E-state index in [1.807, 2.05) is 18.2 Å². The number of rotatable bonds is 6. The van der Waals surface area contributed by atoms with E-state index >= 15 is 0 Å². The van der Waals surface area contributed by atoms with Crippen LogP contribution in [0.1, 0.15) is 19.4 Å². The second-order valence-electron chi connectivity index (χ2n) is 4.47. The molecule has 0 aliphatic heterocycles. The number of carbonyl (C=O) groups excluding carboxylic acids is 1. The minimum atomic E-state index is -3.67. The van der Waals surface area contributed by atoms with Gasteiger partial charge in [0.2, 0.25) is 10.0 Å². The monoisotopic (exact) mass is 297 g/mol. The number of ether oxygens (including phenoxy) is 1. The quantitative estimate of drug-likeness (QED) is 0.752. The summed E-state index contributed by atoms with van der Waals surface area (Å²) >= 11 is 0. The number of nitrogens with zero attached hydrogens (tertiary/aromatic N) is 1. The van der Waals surface area contributed by atoms with Gasteiger partial charge in [0.05, 0.1) is 7.11 Å². The zero-order valence-electron chi connectivity index (χ0n) is 11.8. The van der Waals surface area contributed by atoms with Crippen LogP contribution in [-0.4, -0.2) is 38.4 Å². The summed E-state index contributed by atoms with van der Waals surface area (Å²) in [6, 6.07) is 8.75. The average Bonchev–Trinajstić information content (AvgIpc) is 2.43. The second kappa shape index (κ2) is 7.21. The highest BCUT2D eigenvalue weighted by atomic mass is 32.2. The third kappa shape index (κ3) is 4.79. The van der Waals surface area contributed by atoms with Crippen LogP contribution < -0.4 is 0 Å². The number of esters is 1. The Balaban J connectivity index is 2.94. The van der Waals surface area contributed by atoms with E-state index in [1.165, 1.54) is 13.2 Å². The van der Waals surface area contributed by atoms with Crippen LogP contribution in [0.3, 0.4) is 0 Å². The smallest absolute Gasteiger partial charge is 0.321 e. The molecule has 0 aliphatic rings. The molecule has 0 amide bonds. The van der Waals surface area contributed by atoms with Gasteiger partial charge in [0.15, 0.2) is 0 Å². The summed E-state index contributed by atoms with van der Waals surface area (Å²) in [7, 11) is -2.44. The van der Waals surface area contributed by atoms with Crippen molar-refractivity contribution in [3.63, 3.8) is 0 Å². The van der Waals surface area contributed by atoms with Crippen LogP contribution in [0.5, 0.6) is 0 Å². The summed E-state index contributed by atoms with van der Waals surface area (Å²) in [6.45, 7) is 3.11. The lowest BCUT2D eigenvalue weighted by Gasteiger charge is -2.22. The number of benzene rings is 1. The van der Waals surface area contributed by atoms with Crippen molar-refractivity contribution in [3.05, 3.63) is 41.3 Å². The fourth-order valence-corrected chi connectivity index (χ4v) is 2.92. The SMILES string of the molecule is COC(=O)CN(C(C)C)S(=O)(=O)/C=C/c1ccccc1. The first kappa shape index (κ1) is 16.4. The van der Waals surface area contributed by atoms with Gasteiger partial charge < -0.3 is 4.74 Å². The maximum atomic E-state index is 12.2. The molecule has 0 saturated heterocycles. The van der Waals surface area contributed by atoms with E-state index in [4.69, 9.17) is 0 Å². The van der Waals surface area contributed by atoms with Crippen LogP contribution >= 0.6 is 0 Å². The van der Waals surface area contributed by atoms with E-state index in [0.717, 1.165) is 15.3 Å². The maximum absolute atomic E-state index is 12.2. The normalized spacial score (nSPS) is 12.2. The van der Waals surface area contributed by atoms with Gasteiger partial charge in [-0.05, 0) is 25.5 Å². The van der Waals surface area contributed by atoms with E-state index in [-0.39, 0.29) is 12.6 Å². The van der Waals surface area contributed by atoms with Gasteiger partial charge in [0.25, 0.3) is 0 Å². The van der Waals surface area contributed by atoms with E-state index in [2.05, 4.69) is 4.74 Å². The van der Waals surface area contributed by atoms with Gasteiger partial charge >= 0.3 is 5.97 Å². The van der Waals surface area contributed by atoms with Gasteiger partial charge in [-0.2, -0.15) is 4.31 Å². The highest BCUT2D eigenvalue weighted by Crippen LogP contribution is 2.11. The van der Waals surface area contributed by atoms with Gasteiger partial charge in [0, 0.05) is 11.4 Å². The van der Waals surface area contributed by atoms with Crippen molar-refractivity contribution in [3.8, 4) is 0 Å². The molecular formula is C14H19NO4S. The summed E-state index contributed by atoms with van der Waals surface area (Å²) in [4.78, 5) is 11.3. The molecule has 0 radical (unpaired) electrons. The van der Waals surface area contributed by atoms with Crippen molar-refractivity contribution in [1.82, 2.24) is 4.31 Å². The second-order valence-corrected chi connectivity index (χ2v) is 6.24. The standard InChI is InChI=1S/C14H19NO4S/c1-12(2)15(11-14(16)19-3)20(17,18)10-9-13-7-5-4-6-8-13/h4-10,12H,11H2,1-3H3/b10-9+. The number of methoxy groups -OCH3 is 1. The Morgan fingerprint density at radius 1 is 1.30 bits per heavy atom. The lowest BCUT2D eigenvalue weighted by molar-refractivity contribution is -0.141. The molecule has 5 nitrogen and oxygen atoms in total. The molecule has 0 N–H and O–H groups in total. The molecule has 0 spiro atoms. The Morgan fingerprint density at radius 2 is 1.90 bits per heavy atom. The van der Waals surface area contributed by atoms with Crippen LogP contribution in [0, 0.1) is 0 Å². The van der Waals surface area contributed by atoms with Crippen LogP contribution in [-0.2, 0) is 19.6 Å². The van der Waals surface area contributed by atoms with Crippen LogP contribution in [0.2, 0.25) is 0 Å². The minimum absolute atomic E-state index is 0.296. The topological polar surface area (TPSA) is 63.7 Å². The molecule has 1 aromatic rings. The first-order chi connectivity index (χ1) is 9.36. The molecule has 0 heterocycles. The van der Waals surface area contributed by atoms with Crippen molar-refractivity contribution >= 4 is 22.1 Å². The molecule has 0 saturated carbocycles. The summed E-state index contributed by atoms with van der Waals surface area (Å²) < 4.78 is 30.1. The Labute approximate surface area is 119 Å². The number of hydrogen-bond acceptors (Lipinski definition) is 4. The average molecular weight is 297 g/mol. The molecule has 20 heavy (non-hydrogen) atoms. The maximum Gasteiger partial charge on any atom is 0.321 e. The van der Waals surface area contributed by atoms with Gasteiger partial charge in [0.1, 0.15) is 6.54 Å². The van der Waals surface area contributed by atoms with E-state index in [9.17, 15) is 13.2 Å². The van der Waals surface area contributed by atoms with Crippen LogP contribution in [0.25, 0.3) is 6.08 Å². The Kier molecular flexibility index (Phi) is 5.91. The van der Waals surface area contributed by atoms with Crippen molar-refractivity contribution in [2.75, 3.05) is 13.7 Å². The van der Waals surface area contributed by atoms with Gasteiger partial charge in [-0.15, -0.1) is 0 Å². The Hall–Kier alpha value is -1.66. The van der Waals surface area contributed by atoms with Gasteiger partial charge in [-0.3, -0.25) is 4.79 Å². The van der Waals surface area contributed by atoms with E-state index < -0.39 is 16.0 Å². The highest BCUT2D eigenvalue weighted by molar-refractivity contribution is 7.92.